The Labute approximate surface area is 152 Å². The van der Waals surface area contributed by atoms with Crippen molar-refractivity contribution in [1.82, 2.24) is 10.0 Å². The second-order valence-electron chi connectivity index (χ2n) is 5.55. The molecule has 5 nitrogen and oxygen atoms in total. The molecule has 1 aromatic heterocycles. The molecular formula is C21H19N3O2. The van der Waals surface area contributed by atoms with Crippen LogP contribution >= 0.6 is 0 Å². The van der Waals surface area contributed by atoms with Gasteiger partial charge in [-0.3, -0.25) is 9.63 Å². The molecule has 0 aliphatic heterocycles. The molecule has 130 valence electrons. The lowest BCUT2D eigenvalue weighted by Crippen LogP contribution is -2.25. The highest BCUT2D eigenvalue weighted by Crippen LogP contribution is 2.21. The maximum Gasteiger partial charge on any atom is 0.280 e. The van der Waals surface area contributed by atoms with Crippen LogP contribution < -0.4 is 0 Å². The van der Waals surface area contributed by atoms with Crippen molar-refractivity contribution in [2.45, 2.75) is 0 Å². The van der Waals surface area contributed by atoms with Gasteiger partial charge in [0.05, 0.1) is 18.4 Å². The SMILES string of the molecule is CON(C)C(=O)c1cccnc1N=C(c1ccccc1)c1ccccc1. The van der Waals surface area contributed by atoms with Crippen molar-refractivity contribution in [3.8, 4) is 0 Å². The van der Waals surface area contributed by atoms with Crippen molar-refractivity contribution < 1.29 is 9.63 Å². The summed E-state index contributed by atoms with van der Waals surface area (Å²) in [5.41, 5.74) is 3.02. The van der Waals surface area contributed by atoms with Gasteiger partial charge in [0, 0.05) is 24.4 Å². The van der Waals surface area contributed by atoms with Gasteiger partial charge < -0.3 is 0 Å². The van der Waals surface area contributed by atoms with E-state index in [0.717, 1.165) is 21.9 Å². The van der Waals surface area contributed by atoms with E-state index in [0.29, 0.717) is 11.4 Å². The van der Waals surface area contributed by atoms with Crippen LogP contribution in [0, 0.1) is 0 Å². The Kier molecular flexibility index (Phi) is 5.51. The fourth-order valence-corrected chi connectivity index (χ4v) is 2.50. The number of pyridine rings is 1. The monoisotopic (exact) mass is 345 g/mol. The largest absolute Gasteiger partial charge is 0.280 e. The summed E-state index contributed by atoms with van der Waals surface area (Å²) in [4.78, 5) is 26.6. The van der Waals surface area contributed by atoms with Gasteiger partial charge in [-0.15, -0.1) is 0 Å². The molecule has 26 heavy (non-hydrogen) atoms. The Morgan fingerprint density at radius 1 is 0.923 bits per heavy atom. The van der Waals surface area contributed by atoms with E-state index in [1.807, 2.05) is 60.7 Å². The zero-order valence-corrected chi connectivity index (χ0v) is 14.7. The number of benzene rings is 2. The van der Waals surface area contributed by atoms with E-state index in [1.54, 1.807) is 25.4 Å². The quantitative estimate of drug-likeness (QED) is 0.521. The van der Waals surface area contributed by atoms with Gasteiger partial charge in [0.25, 0.3) is 5.91 Å². The molecule has 3 aromatic rings. The van der Waals surface area contributed by atoms with Crippen molar-refractivity contribution in [1.29, 1.82) is 0 Å². The van der Waals surface area contributed by atoms with Gasteiger partial charge in [-0.05, 0) is 12.1 Å². The lowest BCUT2D eigenvalue weighted by molar-refractivity contribution is -0.0756. The number of hydroxylamine groups is 2. The van der Waals surface area contributed by atoms with E-state index in [2.05, 4.69) is 4.98 Å². The van der Waals surface area contributed by atoms with Gasteiger partial charge in [0.15, 0.2) is 5.82 Å². The Balaban J connectivity index is 2.15. The third-order valence-electron chi connectivity index (χ3n) is 3.89. The number of hydrogen-bond donors (Lipinski definition) is 0. The van der Waals surface area contributed by atoms with Crippen LogP contribution in [0.4, 0.5) is 5.82 Å². The molecule has 0 aliphatic carbocycles. The van der Waals surface area contributed by atoms with Crippen LogP contribution in [-0.4, -0.2) is 35.8 Å². The van der Waals surface area contributed by atoms with E-state index in [9.17, 15) is 4.79 Å². The number of carbonyl (C=O) groups is 1. The fourth-order valence-electron chi connectivity index (χ4n) is 2.50. The van der Waals surface area contributed by atoms with Crippen molar-refractivity contribution in [2.75, 3.05) is 14.2 Å². The minimum atomic E-state index is -0.306. The minimum absolute atomic E-state index is 0.306. The van der Waals surface area contributed by atoms with Crippen molar-refractivity contribution in [3.05, 3.63) is 95.7 Å². The zero-order valence-electron chi connectivity index (χ0n) is 14.7. The molecule has 0 saturated carbocycles. The molecule has 5 heteroatoms. The van der Waals surface area contributed by atoms with Crippen LogP contribution in [0.3, 0.4) is 0 Å². The second kappa shape index (κ2) is 8.18. The van der Waals surface area contributed by atoms with Gasteiger partial charge in [0.1, 0.15) is 0 Å². The van der Waals surface area contributed by atoms with Crippen molar-refractivity contribution >= 4 is 17.4 Å². The van der Waals surface area contributed by atoms with E-state index in [-0.39, 0.29) is 5.91 Å². The average molecular weight is 345 g/mol. The molecule has 0 atom stereocenters. The number of hydrogen-bond acceptors (Lipinski definition) is 4. The number of amides is 1. The maximum atomic E-state index is 12.5. The highest BCUT2D eigenvalue weighted by Gasteiger charge is 2.17. The predicted octanol–water partition coefficient (Wildman–Crippen LogP) is 3.88. The summed E-state index contributed by atoms with van der Waals surface area (Å²) in [5.74, 6) is 0.0453. The molecule has 2 aromatic carbocycles. The molecule has 0 radical (unpaired) electrons. The molecule has 0 bridgehead atoms. The molecule has 1 amide bonds. The normalized spacial score (nSPS) is 10.2. The third kappa shape index (κ3) is 3.84. The molecule has 0 aliphatic rings. The first-order valence-corrected chi connectivity index (χ1v) is 8.17. The zero-order chi connectivity index (χ0) is 18.4. The van der Waals surface area contributed by atoms with Gasteiger partial charge in [0.2, 0.25) is 0 Å². The van der Waals surface area contributed by atoms with E-state index >= 15 is 0 Å². The van der Waals surface area contributed by atoms with Crippen LogP contribution in [-0.2, 0) is 4.84 Å². The number of aliphatic imine (C=N–C) groups is 1. The summed E-state index contributed by atoms with van der Waals surface area (Å²) in [6.07, 6.45) is 1.62. The minimum Gasteiger partial charge on any atom is -0.274 e. The summed E-state index contributed by atoms with van der Waals surface area (Å²) in [6, 6.07) is 23.1. The number of rotatable bonds is 5. The Morgan fingerprint density at radius 2 is 1.50 bits per heavy atom. The number of carbonyl (C=O) groups excluding carboxylic acids is 1. The van der Waals surface area contributed by atoms with Crippen LogP contribution in [0.5, 0.6) is 0 Å². The van der Waals surface area contributed by atoms with Crippen LogP contribution in [0.15, 0.2) is 84.0 Å². The van der Waals surface area contributed by atoms with E-state index in [1.165, 1.54) is 7.11 Å². The van der Waals surface area contributed by atoms with E-state index in [4.69, 9.17) is 9.83 Å². The lowest BCUT2D eigenvalue weighted by atomic mass is 10.0. The first-order valence-electron chi connectivity index (χ1n) is 8.17. The summed E-state index contributed by atoms with van der Waals surface area (Å²) in [6.45, 7) is 0. The average Bonchev–Trinajstić information content (AvgIpc) is 2.72. The molecule has 0 fully saturated rings. The van der Waals surface area contributed by atoms with Crippen LogP contribution in [0.25, 0.3) is 0 Å². The third-order valence-corrected chi connectivity index (χ3v) is 3.89. The summed E-state index contributed by atoms with van der Waals surface area (Å²) in [5, 5.41) is 1.15. The highest BCUT2D eigenvalue weighted by molar-refractivity contribution is 6.14. The molecule has 0 unspecified atom stereocenters. The lowest BCUT2D eigenvalue weighted by Gasteiger charge is -2.15. The standard InChI is InChI=1S/C21H19N3O2/c1-24(26-2)21(25)18-14-9-15-22-20(18)23-19(16-10-5-3-6-11-16)17-12-7-4-8-13-17/h3-15H,1-2H3. The topological polar surface area (TPSA) is 54.8 Å². The second-order valence-corrected chi connectivity index (χ2v) is 5.55. The van der Waals surface area contributed by atoms with Gasteiger partial charge in [-0.2, -0.15) is 0 Å². The maximum absolute atomic E-state index is 12.5. The van der Waals surface area contributed by atoms with Gasteiger partial charge >= 0.3 is 0 Å². The highest BCUT2D eigenvalue weighted by atomic mass is 16.7. The first kappa shape index (κ1) is 17.5. The number of nitrogens with zero attached hydrogens (tertiary/aromatic N) is 3. The molecule has 0 spiro atoms. The van der Waals surface area contributed by atoms with Crippen molar-refractivity contribution in [3.63, 3.8) is 0 Å². The smallest absolute Gasteiger partial charge is 0.274 e. The van der Waals surface area contributed by atoms with Crippen molar-refractivity contribution in [2.24, 2.45) is 4.99 Å². The Hall–Kier alpha value is -3.31. The Morgan fingerprint density at radius 3 is 2.04 bits per heavy atom. The summed E-state index contributed by atoms with van der Waals surface area (Å²) < 4.78 is 0. The van der Waals surface area contributed by atoms with Crippen LogP contribution in [0.2, 0.25) is 0 Å². The molecule has 3 rings (SSSR count). The number of aromatic nitrogens is 1. The summed E-state index contributed by atoms with van der Waals surface area (Å²) >= 11 is 0. The summed E-state index contributed by atoms with van der Waals surface area (Å²) in [7, 11) is 2.99. The van der Waals surface area contributed by atoms with Gasteiger partial charge in [-0.1, -0.05) is 60.7 Å². The van der Waals surface area contributed by atoms with Gasteiger partial charge in [-0.25, -0.2) is 15.0 Å². The predicted molar refractivity (Wildman–Crippen MR) is 102 cm³/mol. The molecular weight excluding hydrogens is 326 g/mol. The fraction of sp³-hybridized carbons (Fsp3) is 0.0952. The molecule has 0 saturated heterocycles. The molecule has 0 N–H and O–H groups in total. The Bertz CT molecular complexity index is 867. The molecule has 1 heterocycles. The first-order chi connectivity index (χ1) is 12.7. The van der Waals surface area contributed by atoms with Crippen LogP contribution in [0.1, 0.15) is 21.5 Å². The van der Waals surface area contributed by atoms with E-state index < -0.39 is 0 Å².